The van der Waals surface area contributed by atoms with Crippen LogP contribution in [0.25, 0.3) is 0 Å². The van der Waals surface area contributed by atoms with Crippen LogP contribution in [-0.4, -0.2) is 35.4 Å². The lowest BCUT2D eigenvalue weighted by Crippen LogP contribution is -2.39. The molecule has 0 aliphatic carbocycles. The molecule has 2 aliphatic rings. The van der Waals surface area contributed by atoms with E-state index in [0.29, 0.717) is 31.1 Å². The lowest BCUT2D eigenvalue weighted by atomic mass is 9.89. The quantitative estimate of drug-likeness (QED) is 0.365. The number of carbonyl (C=O) groups excluding carboxylic acids is 1. The predicted molar refractivity (Wildman–Crippen MR) is 139 cm³/mol. The maximum absolute atomic E-state index is 13.7. The van der Waals surface area contributed by atoms with E-state index < -0.39 is 11.7 Å². The zero-order valence-electron chi connectivity index (χ0n) is 20.7. The van der Waals surface area contributed by atoms with Crippen LogP contribution in [0.15, 0.2) is 54.7 Å². The van der Waals surface area contributed by atoms with Crippen LogP contribution >= 0.6 is 11.6 Å². The summed E-state index contributed by atoms with van der Waals surface area (Å²) in [5, 5.41) is 0.262. The molecule has 37 heavy (non-hydrogen) atoms. The van der Waals surface area contributed by atoms with Crippen molar-refractivity contribution in [2.45, 2.75) is 51.2 Å². The highest BCUT2D eigenvalue weighted by Crippen LogP contribution is 2.38. The van der Waals surface area contributed by atoms with Gasteiger partial charge in [0.1, 0.15) is 0 Å². The first kappa shape index (κ1) is 25.6. The second-order valence-electron chi connectivity index (χ2n) is 9.89. The standard InChI is InChI=1S/C29H29ClF3N3O/c1-19-24(28(37)35-14-11-21(12-15-35)20-6-3-2-4-7-20)17-34-26-8-5-13-36(27(19)26)18-22-16-23(30)9-10-25(22)29(31,32)33/h2-4,6-7,9-10,16-17,21H,5,8,11-15,18H2,1H3. The second-order valence-corrected chi connectivity index (χ2v) is 10.3. The number of aromatic nitrogens is 1. The number of nitrogens with zero attached hydrogens (tertiary/aromatic N) is 3. The lowest BCUT2D eigenvalue weighted by molar-refractivity contribution is -0.138. The van der Waals surface area contributed by atoms with E-state index in [9.17, 15) is 18.0 Å². The maximum Gasteiger partial charge on any atom is 0.416 e. The Bertz CT molecular complexity index is 1290. The van der Waals surface area contributed by atoms with Crippen molar-refractivity contribution >= 4 is 23.2 Å². The summed E-state index contributed by atoms with van der Waals surface area (Å²) >= 11 is 6.07. The van der Waals surface area contributed by atoms with Crippen molar-refractivity contribution in [2.24, 2.45) is 0 Å². The summed E-state index contributed by atoms with van der Waals surface area (Å²) in [4.78, 5) is 21.9. The third kappa shape index (κ3) is 5.33. The summed E-state index contributed by atoms with van der Waals surface area (Å²) in [6.07, 6.45) is 0.467. The minimum absolute atomic E-state index is 0.0467. The largest absolute Gasteiger partial charge is 0.416 e. The smallest absolute Gasteiger partial charge is 0.365 e. The van der Waals surface area contributed by atoms with E-state index in [1.54, 1.807) is 6.20 Å². The molecule has 0 unspecified atom stereocenters. The predicted octanol–water partition coefficient (Wildman–Crippen LogP) is 7.03. The van der Waals surface area contributed by atoms with Gasteiger partial charge in [0, 0.05) is 37.4 Å². The fourth-order valence-electron chi connectivity index (χ4n) is 5.66. The van der Waals surface area contributed by atoms with Crippen molar-refractivity contribution in [2.75, 3.05) is 24.5 Å². The molecule has 1 saturated heterocycles. The number of likely N-dealkylation sites (tertiary alicyclic amines) is 1. The van der Waals surface area contributed by atoms with Crippen LogP contribution in [0.4, 0.5) is 18.9 Å². The summed E-state index contributed by atoms with van der Waals surface area (Å²) in [5.74, 6) is 0.368. The van der Waals surface area contributed by atoms with Gasteiger partial charge in [0.2, 0.25) is 0 Å². The van der Waals surface area contributed by atoms with Gasteiger partial charge in [0.25, 0.3) is 5.91 Å². The zero-order valence-corrected chi connectivity index (χ0v) is 21.4. The number of alkyl halides is 3. The molecule has 0 bridgehead atoms. The fraction of sp³-hybridized carbons (Fsp3) is 0.379. The third-order valence-electron chi connectivity index (χ3n) is 7.56. The first-order chi connectivity index (χ1) is 17.7. The molecule has 3 heterocycles. The van der Waals surface area contributed by atoms with Gasteiger partial charge in [-0.1, -0.05) is 41.9 Å². The molecule has 0 saturated carbocycles. The molecule has 0 radical (unpaired) electrons. The Morgan fingerprint density at radius 2 is 1.81 bits per heavy atom. The number of benzene rings is 2. The van der Waals surface area contributed by atoms with E-state index in [0.717, 1.165) is 48.7 Å². The molecule has 2 aliphatic heterocycles. The number of aryl methyl sites for hydroxylation is 1. The summed E-state index contributed by atoms with van der Waals surface area (Å²) in [7, 11) is 0. The van der Waals surface area contributed by atoms with E-state index in [4.69, 9.17) is 11.6 Å². The molecule has 3 aromatic rings. The van der Waals surface area contributed by atoms with Gasteiger partial charge in [-0.05, 0) is 73.4 Å². The third-order valence-corrected chi connectivity index (χ3v) is 7.79. The van der Waals surface area contributed by atoms with Crippen LogP contribution in [0, 0.1) is 6.92 Å². The van der Waals surface area contributed by atoms with Gasteiger partial charge in [-0.2, -0.15) is 13.2 Å². The summed E-state index contributed by atoms with van der Waals surface area (Å²) in [6.45, 7) is 3.84. The molecule has 1 aromatic heterocycles. The maximum atomic E-state index is 13.7. The topological polar surface area (TPSA) is 36.4 Å². The zero-order chi connectivity index (χ0) is 26.2. The van der Waals surface area contributed by atoms with Crippen LogP contribution in [-0.2, 0) is 19.1 Å². The number of rotatable bonds is 4. The number of fused-ring (bicyclic) bond motifs is 1. The first-order valence-corrected chi connectivity index (χ1v) is 13.0. The minimum atomic E-state index is -4.48. The monoisotopic (exact) mass is 527 g/mol. The number of pyridine rings is 1. The Balaban J connectivity index is 1.39. The van der Waals surface area contributed by atoms with E-state index in [1.165, 1.54) is 17.7 Å². The van der Waals surface area contributed by atoms with Crippen molar-refractivity contribution in [1.29, 1.82) is 0 Å². The highest BCUT2D eigenvalue weighted by Gasteiger charge is 2.35. The van der Waals surface area contributed by atoms with Crippen molar-refractivity contribution in [1.82, 2.24) is 9.88 Å². The minimum Gasteiger partial charge on any atom is -0.365 e. The van der Waals surface area contributed by atoms with Crippen LogP contribution in [0.3, 0.4) is 0 Å². The van der Waals surface area contributed by atoms with Crippen LogP contribution in [0.2, 0.25) is 5.02 Å². The van der Waals surface area contributed by atoms with Crippen molar-refractivity contribution in [3.8, 4) is 0 Å². The summed E-state index contributed by atoms with van der Waals surface area (Å²) in [5.41, 5.74) is 3.61. The molecule has 0 N–H and O–H groups in total. The number of halogens is 4. The molecule has 2 aromatic carbocycles. The van der Waals surface area contributed by atoms with Gasteiger partial charge >= 0.3 is 6.18 Å². The van der Waals surface area contributed by atoms with Crippen molar-refractivity contribution in [3.05, 3.63) is 93.3 Å². The molecular weight excluding hydrogens is 499 g/mol. The van der Waals surface area contributed by atoms with E-state index >= 15 is 0 Å². The number of amides is 1. The number of hydrogen-bond donors (Lipinski definition) is 0. The normalized spacial score (nSPS) is 16.6. The number of anilines is 1. The average Bonchev–Trinajstić information content (AvgIpc) is 2.88. The second kappa shape index (κ2) is 10.4. The van der Waals surface area contributed by atoms with Gasteiger partial charge in [0.15, 0.2) is 0 Å². The fourth-order valence-corrected chi connectivity index (χ4v) is 5.85. The molecule has 5 rings (SSSR count). The van der Waals surface area contributed by atoms with E-state index in [1.807, 2.05) is 34.9 Å². The SMILES string of the molecule is Cc1c(C(=O)N2CCC(c3ccccc3)CC2)cnc2c1N(Cc1cc(Cl)ccc1C(F)(F)F)CCC2. The molecule has 1 fully saturated rings. The Kier molecular flexibility index (Phi) is 7.17. The molecule has 0 spiro atoms. The number of hydrogen-bond acceptors (Lipinski definition) is 3. The molecule has 0 atom stereocenters. The average molecular weight is 528 g/mol. The molecular formula is C29H29ClF3N3O. The Labute approximate surface area is 220 Å². The molecule has 8 heteroatoms. The Morgan fingerprint density at radius 1 is 1.08 bits per heavy atom. The summed E-state index contributed by atoms with van der Waals surface area (Å²) < 4.78 is 41.1. The Hall–Kier alpha value is -3.06. The Morgan fingerprint density at radius 3 is 2.51 bits per heavy atom. The lowest BCUT2D eigenvalue weighted by Gasteiger charge is -2.35. The van der Waals surface area contributed by atoms with Gasteiger partial charge in [-0.3, -0.25) is 9.78 Å². The van der Waals surface area contributed by atoms with Gasteiger partial charge in [0.05, 0.1) is 22.5 Å². The summed E-state index contributed by atoms with van der Waals surface area (Å²) in [6, 6.07) is 14.1. The van der Waals surface area contributed by atoms with E-state index in [-0.39, 0.29) is 23.0 Å². The number of carbonyl (C=O) groups is 1. The highest BCUT2D eigenvalue weighted by atomic mass is 35.5. The van der Waals surface area contributed by atoms with Crippen LogP contribution < -0.4 is 4.90 Å². The number of piperidine rings is 1. The molecule has 4 nitrogen and oxygen atoms in total. The van der Waals surface area contributed by atoms with Gasteiger partial charge in [-0.25, -0.2) is 0 Å². The molecule has 194 valence electrons. The first-order valence-electron chi connectivity index (χ1n) is 12.7. The van der Waals surface area contributed by atoms with Crippen LogP contribution in [0.5, 0.6) is 0 Å². The van der Waals surface area contributed by atoms with Crippen molar-refractivity contribution in [3.63, 3.8) is 0 Å². The van der Waals surface area contributed by atoms with Gasteiger partial charge in [-0.15, -0.1) is 0 Å². The van der Waals surface area contributed by atoms with E-state index in [2.05, 4.69) is 17.1 Å². The van der Waals surface area contributed by atoms with Crippen LogP contribution in [0.1, 0.15) is 63.5 Å². The van der Waals surface area contributed by atoms with Gasteiger partial charge < -0.3 is 9.80 Å². The highest BCUT2D eigenvalue weighted by molar-refractivity contribution is 6.30. The van der Waals surface area contributed by atoms with Crippen molar-refractivity contribution < 1.29 is 18.0 Å². The molecule has 1 amide bonds.